The molecule has 1 aliphatic rings. The van der Waals surface area contributed by atoms with Crippen LogP contribution < -0.4 is 5.43 Å². The Labute approximate surface area is 121 Å². The van der Waals surface area contributed by atoms with Crippen LogP contribution in [0.1, 0.15) is 29.3 Å². The predicted octanol–water partition coefficient (Wildman–Crippen LogP) is 1.46. The zero-order valence-corrected chi connectivity index (χ0v) is 11.7. The van der Waals surface area contributed by atoms with Crippen LogP contribution in [0.5, 0.6) is 0 Å². The highest BCUT2D eigenvalue weighted by Crippen LogP contribution is 2.11. The van der Waals surface area contributed by atoms with E-state index in [9.17, 15) is 9.18 Å². The average Bonchev–Trinajstić information content (AvgIpc) is 3.09. The van der Waals surface area contributed by atoms with Crippen molar-refractivity contribution >= 4 is 5.91 Å². The molecule has 2 aromatic rings. The zero-order chi connectivity index (χ0) is 14.8. The van der Waals surface area contributed by atoms with Crippen molar-refractivity contribution in [1.82, 2.24) is 25.2 Å². The largest absolute Gasteiger partial charge is 0.305 e. The molecule has 3 rings (SSSR count). The summed E-state index contributed by atoms with van der Waals surface area (Å²) in [5.74, 6) is 0.0567. The summed E-state index contributed by atoms with van der Waals surface area (Å²) in [6.45, 7) is 3.45. The van der Waals surface area contributed by atoms with Gasteiger partial charge in [-0.3, -0.25) is 10.2 Å². The van der Waals surface area contributed by atoms with Gasteiger partial charge in [-0.25, -0.2) is 19.1 Å². The molecular weight excluding hydrogens is 273 g/mol. The summed E-state index contributed by atoms with van der Waals surface area (Å²) >= 11 is 0. The second-order valence-corrected chi connectivity index (χ2v) is 5.01. The maximum Gasteiger partial charge on any atom is 0.305 e. The lowest BCUT2D eigenvalue weighted by Gasteiger charge is -2.14. The first-order chi connectivity index (χ1) is 10.1. The van der Waals surface area contributed by atoms with Crippen LogP contribution in [0, 0.1) is 12.7 Å². The molecule has 110 valence electrons. The molecule has 1 saturated heterocycles. The highest BCUT2D eigenvalue weighted by Gasteiger charge is 2.19. The van der Waals surface area contributed by atoms with Crippen LogP contribution in [-0.2, 0) is 0 Å². The van der Waals surface area contributed by atoms with Gasteiger partial charge in [-0.15, -0.1) is 5.10 Å². The monoisotopic (exact) mass is 289 g/mol. The van der Waals surface area contributed by atoms with Gasteiger partial charge in [0.2, 0.25) is 5.82 Å². The number of hydrazine groups is 1. The summed E-state index contributed by atoms with van der Waals surface area (Å²) in [4.78, 5) is 16.3. The summed E-state index contributed by atoms with van der Waals surface area (Å²) in [5, 5.41) is 6.07. The lowest BCUT2D eigenvalue weighted by atomic mass is 10.3. The zero-order valence-electron chi connectivity index (χ0n) is 11.7. The first kappa shape index (κ1) is 13.7. The molecule has 1 aliphatic heterocycles. The average molecular weight is 289 g/mol. The summed E-state index contributed by atoms with van der Waals surface area (Å²) in [5.41, 5.74) is 3.46. The lowest BCUT2D eigenvalue weighted by Crippen LogP contribution is -2.40. The molecule has 1 aromatic carbocycles. The Kier molecular flexibility index (Phi) is 3.66. The van der Waals surface area contributed by atoms with Crippen LogP contribution in [-0.4, -0.2) is 38.8 Å². The van der Waals surface area contributed by atoms with Gasteiger partial charge in [-0.05, 0) is 44.0 Å². The normalized spacial score (nSPS) is 15.3. The highest BCUT2D eigenvalue weighted by atomic mass is 19.1. The summed E-state index contributed by atoms with van der Waals surface area (Å²) < 4.78 is 14.5. The fourth-order valence-electron chi connectivity index (χ4n) is 2.34. The number of nitrogens with one attached hydrogen (secondary N) is 1. The van der Waals surface area contributed by atoms with Gasteiger partial charge in [0.05, 0.1) is 5.69 Å². The van der Waals surface area contributed by atoms with Crippen molar-refractivity contribution in [1.29, 1.82) is 0 Å². The fraction of sp³-hybridized carbons (Fsp3) is 0.357. The number of rotatable bonds is 3. The Morgan fingerprint density at radius 1 is 1.24 bits per heavy atom. The fourth-order valence-corrected chi connectivity index (χ4v) is 2.34. The van der Waals surface area contributed by atoms with E-state index in [2.05, 4.69) is 15.5 Å². The molecule has 0 unspecified atom stereocenters. The molecule has 0 radical (unpaired) electrons. The molecule has 2 heterocycles. The molecular formula is C14H16FN5O. The Hall–Kier alpha value is -2.28. The number of aromatic nitrogens is 3. The molecule has 1 amide bonds. The summed E-state index contributed by atoms with van der Waals surface area (Å²) in [7, 11) is 0. The standard InChI is InChI=1S/C14H16FN5O/c1-10-16-13(14(21)18-19-8-2-3-9-19)17-20(10)12-6-4-11(15)5-7-12/h4-7H,2-3,8-9H2,1H3,(H,18,21). The number of aryl methyl sites for hydroxylation is 1. The number of nitrogens with zero attached hydrogens (tertiary/aromatic N) is 4. The Bertz CT molecular complexity index is 646. The molecule has 1 N–H and O–H groups in total. The molecule has 0 saturated carbocycles. The van der Waals surface area contributed by atoms with Crippen LogP contribution in [0.3, 0.4) is 0 Å². The molecule has 7 heteroatoms. The number of carbonyl (C=O) groups excluding carboxylic acids is 1. The van der Waals surface area contributed by atoms with Gasteiger partial charge in [0, 0.05) is 13.1 Å². The summed E-state index contributed by atoms with van der Waals surface area (Å²) in [6, 6.07) is 5.89. The van der Waals surface area contributed by atoms with E-state index in [0.717, 1.165) is 25.9 Å². The number of benzene rings is 1. The first-order valence-electron chi connectivity index (χ1n) is 6.89. The third-order valence-electron chi connectivity index (χ3n) is 3.41. The molecule has 0 spiro atoms. The minimum atomic E-state index is -0.319. The SMILES string of the molecule is Cc1nc(C(=O)NN2CCCC2)nn1-c1ccc(F)cc1. The number of amides is 1. The number of carbonyl (C=O) groups is 1. The van der Waals surface area contributed by atoms with Gasteiger partial charge in [0.15, 0.2) is 0 Å². The topological polar surface area (TPSA) is 63.1 Å². The van der Waals surface area contributed by atoms with E-state index >= 15 is 0 Å². The van der Waals surface area contributed by atoms with Crippen molar-refractivity contribution in [2.24, 2.45) is 0 Å². The van der Waals surface area contributed by atoms with E-state index in [1.54, 1.807) is 19.1 Å². The smallest absolute Gasteiger partial charge is 0.282 e. The van der Waals surface area contributed by atoms with Crippen molar-refractivity contribution in [3.63, 3.8) is 0 Å². The van der Waals surface area contributed by atoms with Crippen LogP contribution in [0.2, 0.25) is 0 Å². The van der Waals surface area contributed by atoms with E-state index in [-0.39, 0.29) is 17.5 Å². The second kappa shape index (κ2) is 5.61. The van der Waals surface area contributed by atoms with Crippen LogP contribution >= 0.6 is 0 Å². The van der Waals surface area contributed by atoms with E-state index in [1.807, 2.05) is 5.01 Å². The maximum atomic E-state index is 12.9. The van der Waals surface area contributed by atoms with Gasteiger partial charge < -0.3 is 0 Å². The van der Waals surface area contributed by atoms with Gasteiger partial charge in [0.1, 0.15) is 11.6 Å². The number of hydrogen-bond donors (Lipinski definition) is 1. The van der Waals surface area contributed by atoms with Crippen LogP contribution in [0.4, 0.5) is 4.39 Å². The van der Waals surface area contributed by atoms with Crippen molar-refractivity contribution < 1.29 is 9.18 Å². The van der Waals surface area contributed by atoms with E-state index in [1.165, 1.54) is 16.8 Å². The molecule has 6 nitrogen and oxygen atoms in total. The first-order valence-corrected chi connectivity index (χ1v) is 6.89. The van der Waals surface area contributed by atoms with Crippen molar-refractivity contribution in [3.05, 3.63) is 41.7 Å². The van der Waals surface area contributed by atoms with Crippen molar-refractivity contribution in [2.45, 2.75) is 19.8 Å². The van der Waals surface area contributed by atoms with E-state index < -0.39 is 0 Å². The van der Waals surface area contributed by atoms with Crippen LogP contribution in [0.25, 0.3) is 5.69 Å². The second-order valence-electron chi connectivity index (χ2n) is 5.01. The Morgan fingerprint density at radius 2 is 1.90 bits per heavy atom. The minimum Gasteiger partial charge on any atom is -0.282 e. The van der Waals surface area contributed by atoms with Gasteiger partial charge >= 0.3 is 5.91 Å². The van der Waals surface area contributed by atoms with Gasteiger partial charge in [-0.1, -0.05) is 0 Å². The van der Waals surface area contributed by atoms with E-state index in [4.69, 9.17) is 0 Å². The highest BCUT2D eigenvalue weighted by molar-refractivity contribution is 5.90. The molecule has 0 atom stereocenters. The van der Waals surface area contributed by atoms with Gasteiger partial charge in [0.25, 0.3) is 0 Å². The molecule has 0 bridgehead atoms. The summed E-state index contributed by atoms with van der Waals surface area (Å²) in [6.07, 6.45) is 2.16. The molecule has 1 fully saturated rings. The molecule has 0 aliphatic carbocycles. The molecule has 1 aromatic heterocycles. The molecule has 21 heavy (non-hydrogen) atoms. The maximum absolute atomic E-state index is 12.9. The lowest BCUT2D eigenvalue weighted by molar-refractivity contribution is 0.0814. The van der Waals surface area contributed by atoms with Crippen molar-refractivity contribution in [3.8, 4) is 5.69 Å². The van der Waals surface area contributed by atoms with Crippen LogP contribution in [0.15, 0.2) is 24.3 Å². The predicted molar refractivity (Wildman–Crippen MR) is 74.3 cm³/mol. The van der Waals surface area contributed by atoms with Crippen molar-refractivity contribution in [2.75, 3.05) is 13.1 Å². The number of halogens is 1. The Morgan fingerprint density at radius 3 is 2.57 bits per heavy atom. The van der Waals surface area contributed by atoms with E-state index in [0.29, 0.717) is 11.5 Å². The third kappa shape index (κ3) is 2.92. The quantitative estimate of drug-likeness (QED) is 0.929. The van der Waals surface area contributed by atoms with Gasteiger partial charge in [-0.2, -0.15) is 0 Å². The third-order valence-corrected chi connectivity index (χ3v) is 3.41. The number of hydrogen-bond acceptors (Lipinski definition) is 4. The minimum absolute atomic E-state index is 0.115. The Balaban J connectivity index is 1.80.